The summed E-state index contributed by atoms with van der Waals surface area (Å²) < 4.78 is 80.5. The van der Waals surface area contributed by atoms with Gasteiger partial charge in [0.25, 0.3) is 0 Å². The van der Waals surface area contributed by atoms with Crippen molar-refractivity contribution in [2.45, 2.75) is 90.1 Å². The van der Waals surface area contributed by atoms with Gasteiger partial charge in [-0.15, -0.1) is 11.3 Å². The van der Waals surface area contributed by atoms with Crippen molar-refractivity contribution in [3.05, 3.63) is 99.3 Å². The third-order valence-corrected chi connectivity index (χ3v) is 16.4. The van der Waals surface area contributed by atoms with Crippen molar-refractivity contribution in [1.82, 2.24) is 29.7 Å². The Kier molecular flexibility index (Phi) is 17.2. The molecule has 0 saturated carbocycles. The summed E-state index contributed by atoms with van der Waals surface area (Å²) in [5.41, 5.74) is 2.11. The van der Waals surface area contributed by atoms with Gasteiger partial charge in [-0.05, 0) is 100 Å². The average molecular weight is 1130 g/mol. The third-order valence-electron chi connectivity index (χ3n) is 14.3. The highest BCUT2D eigenvalue weighted by atomic mass is 35.5. The molecular formula is C57H65Cl2F2N7O9S. The number of halogens is 4. The van der Waals surface area contributed by atoms with E-state index in [9.17, 15) is 9.18 Å². The monoisotopic (exact) mass is 1130 g/mol. The van der Waals surface area contributed by atoms with E-state index in [1.807, 2.05) is 24.8 Å². The van der Waals surface area contributed by atoms with Crippen molar-refractivity contribution >= 4 is 56.7 Å². The number of alkyl halides is 1. The second-order valence-corrected chi connectivity index (χ2v) is 23.1. The minimum absolute atomic E-state index is 0.0255. The molecule has 0 spiro atoms. The molecule has 11 rings (SSSR count). The molecule has 4 bridgehead atoms. The summed E-state index contributed by atoms with van der Waals surface area (Å²) >= 11 is 16.2. The number of carbonyl (C=O) groups excluding carboxylic acids is 1. The summed E-state index contributed by atoms with van der Waals surface area (Å²) in [6.45, 7) is 15.8. The summed E-state index contributed by atoms with van der Waals surface area (Å²) in [5, 5.41) is 1.10. The number of piperidine rings is 1. The number of piperazine rings is 1. The van der Waals surface area contributed by atoms with Gasteiger partial charge in [-0.2, -0.15) is 0 Å². The first-order valence-electron chi connectivity index (χ1n) is 26.4. The van der Waals surface area contributed by atoms with Crippen molar-refractivity contribution in [3.63, 3.8) is 0 Å². The minimum atomic E-state index is -1.49. The topological polar surface area (TPSA) is 152 Å². The number of esters is 1. The van der Waals surface area contributed by atoms with Crippen LogP contribution in [0.15, 0.2) is 61.1 Å². The summed E-state index contributed by atoms with van der Waals surface area (Å²) in [6, 6.07) is 13.4. The number of rotatable bonds is 12. The Morgan fingerprint density at radius 3 is 2.37 bits per heavy atom. The van der Waals surface area contributed by atoms with Crippen LogP contribution in [0.1, 0.15) is 56.0 Å². The highest BCUT2D eigenvalue weighted by Crippen LogP contribution is 2.53. The fourth-order valence-corrected chi connectivity index (χ4v) is 11.8. The maximum Gasteiger partial charge on any atom is 0.348 e. The van der Waals surface area contributed by atoms with Gasteiger partial charge in [-0.3, -0.25) is 4.90 Å². The van der Waals surface area contributed by atoms with Crippen LogP contribution in [0.4, 0.5) is 14.7 Å². The zero-order valence-electron chi connectivity index (χ0n) is 44.8. The van der Waals surface area contributed by atoms with Crippen molar-refractivity contribution < 1.29 is 51.5 Å². The van der Waals surface area contributed by atoms with Crippen LogP contribution in [0.5, 0.6) is 23.1 Å². The number of thiophene rings is 1. The van der Waals surface area contributed by atoms with Crippen LogP contribution in [-0.4, -0.2) is 158 Å². The Bertz CT molecular complexity index is 3060. The minimum Gasteiger partial charge on any atom is -0.490 e. The first-order valence-corrected chi connectivity index (χ1v) is 27.9. The first-order chi connectivity index (χ1) is 37.5. The molecule has 0 aliphatic carbocycles. The third kappa shape index (κ3) is 13.1. The Balaban J connectivity index is 1.00. The number of likely N-dealkylation sites (N-methyl/N-ethyl adjacent to an activating group) is 1. The number of benzene rings is 3. The summed E-state index contributed by atoms with van der Waals surface area (Å²) in [5.74, 6) is 0.739. The summed E-state index contributed by atoms with van der Waals surface area (Å²) in [4.78, 5) is 41.3. The smallest absolute Gasteiger partial charge is 0.348 e. The Morgan fingerprint density at radius 2 is 1.65 bits per heavy atom. The predicted octanol–water partition coefficient (Wildman–Crippen LogP) is 9.92. The highest BCUT2D eigenvalue weighted by molar-refractivity contribution is 7.22. The Labute approximate surface area is 467 Å². The Hall–Kier alpha value is -5.51. The summed E-state index contributed by atoms with van der Waals surface area (Å²) in [6.07, 6.45) is 1.45. The van der Waals surface area contributed by atoms with Crippen LogP contribution in [0.2, 0.25) is 10.0 Å². The maximum atomic E-state index is 15.9. The number of anilines is 1. The zero-order valence-corrected chi connectivity index (χ0v) is 47.1. The molecule has 5 aliphatic heterocycles. The zero-order chi connectivity index (χ0) is 54.7. The van der Waals surface area contributed by atoms with E-state index in [-0.39, 0.29) is 57.7 Å². The Morgan fingerprint density at radius 1 is 0.897 bits per heavy atom. The fourth-order valence-electron chi connectivity index (χ4n) is 10.1. The molecule has 5 aliphatic rings. The molecule has 6 aromatic rings. The molecule has 3 aromatic heterocycles. The van der Waals surface area contributed by atoms with Crippen molar-refractivity contribution in [3.8, 4) is 44.7 Å². The molecule has 3 aromatic carbocycles. The summed E-state index contributed by atoms with van der Waals surface area (Å²) in [7, 11) is 2.11. The molecule has 3 fully saturated rings. The molecule has 0 N–H and O–H groups in total. The van der Waals surface area contributed by atoms with Crippen LogP contribution in [-0.2, 0) is 36.8 Å². The molecule has 0 unspecified atom stereocenters. The van der Waals surface area contributed by atoms with E-state index >= 15 is 4.39 Å². The van der Waals surface area contributed by atoms with Crippen LogP contribution in [0.3, 0.4) is 0 Å². The molecule has 78 heavy (non-hydrogen) atoms. The molecule has 21 heteroatoms. The molecule has 16 nitrogen and oxygen atoms in total. The molecule has 0 radical (unpaired) electrons. The van der Waals surface area contributed by atoms with Gasteiger partial charge >= 0.3 is 5.97 Å². The van der Waals surface area contributed by atoms with E-state index in [2.05, 4.69) is 21.8 Å². The number of hydrogen-bond donors (Lipinski definition) is 0. The lowest BCUT2D eigenvalue weighted by Gasteiger charge is -2.36. The highest BCUT2D eigenvalue weighted by Gasteiger charge is 2.37. The SMILES string of the molecule is Cc1c(Cl)c2c(Cl)c(C)c1-c1c(-c3ccc(F)cc3)sc3ncnc(c13)O[C@@H](C(=O)OC(C)(C)C)Cc1cc(ccc1OCc1ccnc(N3CCC(F)(COC[C@@H]4COCCO4)CC3)n1)OC[C@@H](CN1CCN(C)CC1)O2. The number of hydrogen-bond acceptors (Lipinski definition) is 17. The number of nitrogens with zero attached hydrogens (tertiary/aromatic N) is 7. The van der Waals surface area contributed by atoms with E-state index < -0.39 is 35.3 Å². The lowest BCUT2D eigenvalue weighted by Crippen LogP contribution is -2.49. The quantitative estimate of drug-likeness (QED) is 0.107. The molecular weight excluding hydrogens is 1070 g/mol. The first kappa shape index (κ1) is 55.8. The van der Waals surface area contributed by atoms with Crippen LogP contribution >= 0.6 is 34.5 Å². The molecule has 416 valence electrons. The molecule has 3 atom stereocenters. The van der Waals surface area contributed by atoms with E-state index in [1.165, 1.54) is 29.8 Å². The van der Waals surface area contributed by atoms with Gasteiger partial charge in [0.05, 0.1) is 54.2 Å². The number of carbonyl (C=O) groups is 1. The molecule has 3 saturated heterocycles. The van der Waals surface area contributed by atoms with Gasteiger partial charge in [-0.1, -0.05) is 35.3 Å². The van der Waals surface area contributed by atoms with Crippen molar-refractivity contribution in [2.24, 2.45) is 0 Å². The standard InChI is InChI=1S/C57H65Cl2F2N7O9S/c1-34-45-35(2)49(59)50(48(34)58)75-41(27-67-21-19-66(6)20-22-67)31-73-40-11-12-43(74-28-39-13-16-62-55(65-39)68-17-14-57(61,15-18-68)32-71-30-42-29-70-23-24-72-42)37(25-40)26-44(54(69)77-56(3,4)5)76-52-47-46(45)51(78-53(47)64-33-63-52)36-7-9-38(60)10-8-36/h7-13,16,25,33,41-42,44H,14-15,17-24,26-32H2,1-6H3/t41-,42+,44-/m1/s1. The van der Waals surface area contributed by atoms with E-state index in [0.717, 1.165) is 31.1 Å². The van der Waals surface area contributed by atoms with Gasteiger partial charge < -0.3 is 47.7 Å². The normalized spacial score (nSPS) is 20.4. The van der Waals surface area contributed by atoms with Crippen molar-refractivity contribution in [1.29, 1.82) is 0 Å². The fraction of sp³-hybridized carbons (Fsp3) is 0.491. The van der Waals surface area contributed by atoms with Gasteiger partial charge in [-0.25, -0.2) is 33.5 Å². The van der Waals surface area contributed by atoms with Gasteiger partial charge in [0.1, 0.15) is 65.2 Å². The largest absolute Gasteiger partial charge is 0.490 e. The number of aromatic nitrogens is 4. The van der Waals surface area contributed by atoms with Crippen LogP contribution < -0.4 is 23.8 Å². The second kappa shape index (κ2) is 24.1. The molecule has 0 amide bonds. The van der Waals surface area contributed by atoms with E-state index in [1.54, 1.807) is 57.3 Å². The average Bonchev–Trinajstić information content (AvgIpc) is 3.85. The lowest BCUT2D eigenvalue weighted by atomic mass is 9.92. The van der Waals surface area contributed by atoms with Crippen LogP contribution in [0.25, 0.3) is 31.8 Å². The van der Waals surface area contributed by atoms with E-state index in [4.69, 9.17) is 76.0 Å². The van der Waals surface area contributed by atoms with E-state index in [0.29, 0.717) is 122 Å². The number of ether oxygens (including phenoxy) is 8. The van der Waals surface area contributed by atoms with Gasteiger partial charge in [0.15, 0.2) is 5.75 Å². The second-order valence-electron chi connectivity index (χ2n) is 21.4. The molecule has 8 heterocycles. The van der Waals surface area contributed by atoms with Gasteiger partial charge in [0, 0.05) is 87.3 Å². The van der Waals surface area contributed by atoms with Crippen molar-refractivity contribution in [2.75, 3.05) is 97.4 Å². The predicted molar refractivity (Wildman–Crippen MR) is 295 cm³/mol. The van der Waals surface area contributed by atoms with Gasteiger partial charge in [0.2, 0.25) is 17.9 Å². The number of fused-ring (bicyclic) bond motifs is 7. The van der Waals surface area contributed by atoms with Crippen LogP contribution in [0, 0.1) is 19.7 Å². The lowest BCUT2D eigenvalue weighted by molar-refractivity contribution is -0.163. The maximum absolute atomic E-state index is 15.9.